The largest absolute Gasteiger partial charge is 0.495 e. The summed E-state index contributed by atoms with van der Waals surface area (Å²) in [6.45, 7) is 0.674. The standard InChI is InChI=1S/C13H13BrN2O/c1-17-13-5-3-2-4-12(13)16-9-11-7-6-10(14)8-15-11/h2-8,16H,9H2,1H3. The first-order chi connectivity index (χ1) is 8.29. The fourth-order valence-corrected chi connectivity index (χ4v) is 1.72. The van der Waals surface area contributed by atoms with Gasteiger partial charge in [-0.2, -0.15) is 0 Å². The summed E-state index contributed by atoms with van der Waals surface area (Å²) in [6, 6.07) is 11.8. The predicted molar refractivity (Wildman–Crippen MR) is 72.3 cm³/mol. The molecule has 2 aromatic rings. The molecular weight excluding hydrogens is 280 g/mol. The molecule has 0 unspecified atom stereocenters. The second kappa shape index (κ2) is 5.68. The Morgan fingerprint density at radius 1 is 1.24 bits per heavy atom. The number of rotatable bonds is 4. The third-order valence-corrected chi connectivity index (χ3v) is 2.82. The van der Waals surface area contributed by atoms with Crippen LogP contribution in [0.15, 0.2) is 47.1 Å². The molecule has 1 aromatic carbocycles. The highest BCUT2D eigenvalue weighted by atomic mass is 79.9. The fraction of sp³-hybridized carbons (Fsp3) is 0.154. The lowest BCUT2D eigenvalue weighted by atomic mass is 10.3. The number of aromatic nitrogens is 1. The van der Waals surface area contributed by atoms with Gasteiger partial charge in [-0.3, -0.25) is 4.98 Å². The molecule has 2 rings (SSSR count). The van der Waals surface area contributed by atoms with Crippen LogP contribution in [0.4, 0.5) is 5.69 Å². The number of ether oxygens (including phenoxy) is 1. The van der Waals surface area contributed by atoms with E-state index < -0.39 is 0 Å². The van der Waals surface area contributed by atoms with Gasteiger partial charge in [0.25, 0.3) is 0 Å². The van der Waals surface area contributed by atoms with Crippen molar-refractivity contribution in [1.82, 2.24) is 4.98 Å². The first-order valence-electron chi connectivity index (χ1n) is 5.27. The van der Waals surface area contributed by atoms with Crippen molar-refractivity contribution in [1.29, 1.82) is 0 Å². The average Bonchev–Trinajstić information content (AvgIpc) is 2.38. The van der Waals surface area contributed by atoms with Crippen molar-refractivity contribution in [2.45, 2.75) is 6.54 Å². The van der Waals surface area contributed by atoms with Gasteiger partial charge in [-0.1, -0.05) is 12.1 Å². The van der Waals surface area contributed by atoms with E-state index in [-0.39, 0.29) is 0 Å². The quantitative estimate of drug-likeness (QED) is 0.937. The van der Waals surface area contributed by atoms with Gasteiger partial charge in [-0.05, 0) is 40.2 Å². The van der Waals surface area contributed by atoms with Crippen molar-refractivity contribution in [3.8, 4) is 5.75 Å². The molecule has 0 bridgehead atoms. The van der Waals surface area contributed by atoms with Gasteiger partial charge in [0.15, 0.2) is 0 Å². The van der Waals surface area contributed by atoms with Gasteiger partial charge in [0.1, 0.15) is 5.75 Å². The Labute approximate surface area is 109 Å². The number of pyridine rings is 1. The zero-order chi connectivity index (χ0) is 12.1. The number of halogens is 1. The van der Waals surface area contributed by atoms with Crippen LogP contribution in [-0.4, -0.2) is 12.1 Å². The number of nitrogens with one attached hydrogen (secondary N) is 1. The van der Waals surface area contributed by atoms with E-state index >= 15 is 0 Å². The van der Waals surface area contributed by atoms with E-state index in [1.807, 2.05) is 36.4 Å². The van der Waals surface area contributed by atoms with Crippen molar-refractivity contribution in [2.24, 2.45) is 0 Å². The smallest absolute Gasteiger partial charge is 0.141 e. The van der Waals surface area contributed by atoms with Crippen LogP contribution in [0.25, 0.3) is 0 Å². The van der Waals surface area contributed by atoms with Gasteiger partial charge < -0.3 is 10.1 Å². The number of hydrogen-bond donors (Lipinski definition) is 1. The average molecular weight is 293 g/mol. The molecule has 0 aliphatic heterocycles. The lowest BCUT2D eigenvalue weighted by molar-refractivity contribution is 0.416. The van der Waals surface area contributed by atoms with Gasteiger partial charge in [0.2, 0.25) is 0 Å². The van der Waals surface area contributed by atoms with Gasteiger partial charge >= 0.3 is 0 Å². The van der Waals surface area contributed by atoms with Crippen LogP contribution in [0.3, 0.4) is 0 Å². The summed E-state index contributed by atoms with van der Waals surface area (Å²) >= 11 is 3.36. The second-order valence-electron chi connectivity index (χ2n) is 3.52. The molecule has 0 atom stereocenters. The maximum Gasteiger partial charge on any atom is 0.141 e. The van der Waals surface area contributed by atoms with Crippen LogP contribution in [0.5, 0.6) is 5.75 Å². The Morgan fingerprint density at radius 3 is 2.76 bits per heavy atom. The molecule has 0 aliphatic rings. The van der Waals surface area contributed by atoms with E-state index in [1.165, 1.54) is 0 Å². The third-order valence-electron chi connectivity index (χ3n) is 2.36. The minimum Gasteiger partial charge on any atom is -0.495 e. The zero-order valence-electron chi connectivity index (χ0n) is 9.48. The minimum absolute atomic E-state index is 0.674. The molecular formula is C13H13BrN2O. The molecule has 4 heteroatoms. The first kappa shape index (κ1) is 11.9. The summed E-state index contributed by atoms with van der Waals surface area (Å²) in [7, 11) is 1.67. The minimum atomic E-state index is 0.674. The lowest BCUT2D eigenvalue weighted by Gasteiger charge is -2.10. The Morgan fingerprint density at radius 2 is 2.06 bits per heavy atom. The molecule has 0 saturated carbocycles. The number of para-hydroxylation sites is 2. The Kier molecular flexibility index (Phi) is 3.98. The highest BCUT2D eigenvalue weighted by Gasteiger charge is 2.01. The first-order valence-corrected chi connectivity index (χ1v) is 6.06. The summed E-state index contributed by atoms with van der Waals surface area (Å²) in [4.78, 5) is 4.30. The van der Waals surface area contributed by atoms with Crippen molar-refractivity contribution in [3.05, 3.63) is 52.8 Å². The van der Waals surface area contributed by atoms with Crippen LogP contribution >= 0.6 is 15.9 Å². The third kappa shape index (κ3) is 3.20. The number of benzene rings is 1. The number of anilines is 1. The Hall–Kier alpha value is -1.55. The maximum atomic E-state index is 5.26. The van der Waals surface area contributed by atoms with Crippen LogP contribution < -0.4 is 10.1 Å². The van der Waals surface area contributed by atoms with E-state index in [4.69, 9.17) is 4.74 Å². The van der Waals surface area contributed by atoms with Crippen LogP contribution in [0.1, 0.15) is 5.69 Å². The highest BCUT2D eigenvalue weighted by Crippen LogP contribution is 2.23. The van der Waals surface area contributed by atoms with Crippen molar-refractivity contribution in [3.63, 3.8) is 0 Å². The van der Waals surface area contributed by atoms with E-state index in [1.54, 1.807) is 13.3 Å². The number of methoxy groups -OCH3 is 1. The number of hydrogen-bond acceptors (Lipinski definition) is 3. The molecule has 0 fully saturated rings. The topological polar surface area (TPSA) is 34.1 Å². The lowest BCUT2D eigenvalue weighted by Crippen LogP contribution is -2.02. The van der Waals surface area contributed by atoms with E-state index in [0.29, 0.717) is 6.54 Å². The summed E-state index contributed by atoms with van der Waals surface area (Å²) in [6.07, 6.45) is 1.79. The highest BCUT2D eigenvalue weighted by molar-refractivity contribution is 9.10. The molecule has 17 heavy (non-hydrogen) atoms. The Bertz CT molecular complexity index is 485. The molecule has 1 N–H and O–H groups in total. The van der Waals surface area contributed by atoms with Crippen molar-refractivity contribution >= 4 is 21.6 Å². The molecule has 1 heterocycles. The Balaban J connectivity index is 2.04. The van der Waals surface area contributed by atoms with Gasteiger partial charge in [-0.15, -0.1) is 0 Å². The normalized spacial score (nSPS) is 10.0. The maximum absolute atomic E-state index is 5.26. The molecule has 0 aliphatic carbocycles. The van der Waals surface area contributed by atoms with Crippen molar-refractivity contribution < 1.29 is 4.74 Å². The van der Waals surface area contributed by atoms with Gasteiger partial charge in [0.05, 0.1) is 25.0 Å². The molecule has 0 spiro atoms. The van der Waals surface area contributed by atoms with Crippen LogP contribution in [0.2, 0.25) is 0 Å². The SMILES string of the molecule is COc1ccccc1NCc1ccc(Br)cn1. The molecule has 3 nitrogen and oxygen atoms in total. The molecule has 0 radical (unpaired) electrons. The fourth-order valence-electron chi connectivity index (χ4n) is 1.49. The van der Waals surface area contributed by atoms with Crippen LogP contribution in [-0.2, 0) is 6.54 Å². The summed E-state index contributed by atoms with van der Waals surface area (Å²) in [5, 5.41) is 3.30. The summed E-state index contributed by atoms with van der Waals surface area (Å²) in [5.74, 6) is 0.838. The zero-order valence-corrected chi connectivity index (χ0v) is 11.1. The monoisotopic (exact) mass is 292 g/mol. The van der Waals surface area contributed by atoms with E-state index in [9.17, 15) is 0 Å². The van der Waals surface area contributed by atoms with E-state index in [2.05, 4.69) is 26.2 Å². The number of nitrogens with zero attached hydrogens (tertiary/aromatic N) is 1. The van der Waals surface area contributed by atoms with Gasteiger partial charge in [-0.25, -0.2) is 0 Å². The molecule has 0 amide bonds. The molecule has 1 aromatic heterocycles. The molecule has 88 valence electrons. The summed E-state index contributed by atoms with van der Waals surface area (Å²) < 4.78 is 6.25. The van der Waals surface area contributed by atoms with E-state index in [0.717, 1.165) is 21.6 Å². The predicted octanol–water partition coefficient (Wildman–Crippen LogP) is 3.46. The second-order valence-corrected chi connectivity index (χ2v) is 4.44. The van der Waals surface area contributed by atoms with Crippen molar-refractivity contribution in [2.75, 3.05) is 12.4 Å². The summed E-state index contributed by atoms with van der Waals surface area (Å²) in [5.41, 5.74) is 1.96. The van der Waals surface area contributed by atoms with Crippen LogP contribution in [0, 0.1) is 0 Å². The molecule has 0 saturated heterocycles. The van der Waals surface area contributed by atoms with Gasteiger partial charge in [0, 0.05) is 10.7 Å².